The molecule has 0 saturated carbocycles. The molecule has 0 aliphatic heterocycles. The van der Waals surface area contributed by atoms with E-state index in [0.29, 0.717) is 11.1 Å². The smallest absolute Gasteiger partial charge is 0.269 e. The van der Waals surface area contributed by atoms with Gasteiger partial charge in [-0.1, -0.05) is 6.07 Å². The van der Waals surface area contributed by atoms with Crippen LogP contribution in [-0.2, 0) is 0 Å². The summed E-state index contributed by atoms with van der Waals surface area (Å²) in [5, 5.41) is 38.6. The molecule has 1 rings (SSSR count). The van der Waals surface area contributed by atoms with Crippen LogP contribution in [0.15, 0.2) is 18.2 Å². The van der Waals surface area contributed by atoms with Crippen LogP contribution < -0.4 is 0 Å². The number of aryl methyl sites for hydroxylation is 1. The number of hydrogen-bond donors (Lipinski definition) is 3. The molecule has 0 heterocycles. The highest BCUT2D eigenvalue weighted by atomic mass is 16.6. The molecule has 2 atom stereocenters. The standard InChI is InChI=1S/C11H15NO5/c1-7-2-3-8(12(16)17)6-9(7)11(15)10(14)4-5-13/h2-3,6,10-11,13-15H,4-5H2,1H3. The van der Waals surface area contributed by atoms with E-state index in [1.807, 2.05) is 0 Å². The van der Waals surface area contributed by atoms with Gasteiger partial charge >= 0.3 is 0 Å². The Kier molecular flexibility index (Phi) is 4.56. The molecule has 0 aromatic heterocycles. The molecule has 0 bridgehead atoms. The molecule has 0 aliphatic carbocycles. The summed E-state index contributed by atoms with van der Waals surface area (Å²) in [4.78, 5) is 10.0. The molecule has 1 aromatic carbocycles. The average molecular weight is 241 g/mol. The zero-order valence-corrected chi connectivity index (χ0v) is 9.41. The maximum atomic E-state index is 10.6. The normalized spacial score (nSPS) is 14.4. The van der Waals surface area contributed by atoms with E-state index in [9.17, 15) is 20.3 Å². The molecule has 2 unspecified atom stereocenters. The molecular weight excluding hydrogens is 226 g/mol. The maximum Gasteiger partial charge on any atom is 0.269 e. The summed E-state index contributed by atoms with van der Waals surface area (Å²) in [6.07, 6.45) is -2.36. The van der Waals surface area contributed by atoms with Crippen molar-refractivity contribution in [1.82, 2.24) is 0 Å². The highest BCUT2D eigenvalue weighted by Gasteiger charge is 2.21. The van der Waals surface area contributed by atoms with Gasteiger partial charge in [0, 0.05) is 18.7 Å². The van der Waals surface area contributed by atoms with Crippen LogP contribution in [0.2, 0.25) is 0 Å². The number of hydrogen-bond acceptors (Lipinski definition) is 5. The number of aliphatic hydroxyl groups excluding tert-OH is 3. The van der Waals surface area contributed by atoms with E-state index in [1.54, 1.807) is 6.92 Å². The second-order valence-corrected chi connectivity index (χ2v) is 3.82. The van der Waals surface area contributed by atoms with E-state index in [-0.39, 0.29) is 18.7 Å². The second kappa shape index (κ2) is 5.72. The van der Waals surface area contributed by atoms with Gasteiger partial charge < -0.3 is 15.3 Å². The molecule has 0 saturated heterocycles. The highest BCUT2D eigenvalue weighted by molar-refractivity contribution is 5.40. The quantitative estimate of drug-likeness (QED) is 0.519. The van der Waals surface area contributed by atoms with Gasteiger partial charge in [0.05, 0.1) is 11.0 Å². The molecular formula is C11H15NO5. The monoisotopic (exact) mass is 241 g/mol. The molecule has 1 aromatic rings. The summed E-state index contributed by atoms with van der Waals surface area (Å²) in [6, 6.07) is 4.09. The number of nitro benzene ring substituents is 1. The summed E-state index contributed by atoms with van der Waals surface area (Å²) in [7, 11) is 0. The molecule has 0 spiro atoms. The zero-order valence-electron chi connectivity index (χ0n) is 9.41. The minimum atomic E-state index is -1.23. The lowest BCUT2D eigenvalue weighted by Gasteiger charge is -2.18. The maximum absolute atomic E-state index is 10.6. The molecule has 6 nitrogen and oxygen atoms in total. The molecule has 94 valence electrons. The van der Waals surface area contributed by atoms with Crippen LogP contribution in [-0.4, -0.2) is 33.0 Å². The van der Waals surface area contributed by atoms with Crippen molar-refractivity contribution >= 4 is 5.69 Å². The van der Waals surface area contributed by atoms with Gasteiger partial charge in [0.1, 0.15) is 6.10 Å². The lowest BCUT2D eigenvalue weighted by Crippen LogP contribution is -2.20. The Labute approximate surface area is 98.3 Å². The minimum Gasteiger partial charge on any atom is -0.396 e. The van der Waals surface area contributed by atoms with Crippen molar-refractivity contribution in [2.24, 2.45) is 0 Å². The van der Waals surface area contributed by atoms with Crippen molar-refractivity contribution in [2.45, 2.75) is 25.6 Å². The van der Waals surface area contributed by atoms with Gasteiger partial charge in [-0.2, -0.15) is 0 Å². The van der Waals surface area contributed by atoms with Crippen LogP contribution in [0.5, 0.6) is 0 Å². The van der Waals surface area contributed by atoms with E-state index >= 15 is 0 Å². The molecule has 0 radical (unpaired) electrons. The summed E-state index contributed by atoms with van der Waals surface area (Å²) >= 11 is 0. The summed E-state index contributed by atoms with van der Waals surface area (Å²) in [6.45, 7) is 1.43. The van der Waals surface area contributed by atoms with Gasteiger partial charge in [0.25, 0.3) is 5.69 Å². The van der Waals surface area contributed by atoms with Crippen LogP contribution in [0.1, 0.15) is 23.7 Å². The first kappa shape index (κ1) is 13.6. The van der Waals surface area contributed by atoms with Crippen LogP contribution in [0.25, 0.3) is 0 Å². The van der Waals surface area contributed by atoms with Crippen molar-refractivity contribution in [1.29, 1.82) is 0 Å². The third-order valence-electron chi connectivity index (χ3n) is 2.58. The number of rotatable bonds is 5. The number of aliphatic hydroxyl groups is 3. The second-order valence-electron chi connectivity index (χ2n) is 3.82. The van der Waals surface area contributed by atoms with E-state index in [4.69, 9.17) is 5.11 Å². The average Bonchev–Trinajstić information content (AvgIpc) is 2.28. The third kappa shape index (κ3) is 3.23. The Bertz CT molecular complexity index is 407. The fraction of sp³-hybridized carbons (Fsp3) is 0.455. The lowest BCUT2D eigenvalue weighted by atomic mass is 9.97. The summed E-state index contributed by atoms with van der Waals surface area (Å²) in [5.74, 6) is 0. The van der Waals surface area contributed by atoms with Gasteiger partial charge in [-0.05, 0) is 24.5 Å². The van der Waals surface area contributed by atoms with Gasteiger partial charge in [0.15, 0.2) is 0 Å². The molecule has 0 fully saturated rings. The lowest BCUT2D eigenvalue weighted by molar-refractivity contribution is -0.385. The topological polar surface area (TPSA) is 104 Å². The molecule has 0 amide bonds. The van der Waals surface area contributed by atoms with E-state index in [2.05, 4.69) is 0 Å². The van der Waals surface area contributed by atoms with E-state index in [1.165, 1.54) is 18.2 Å². The first-order valence-electron chi connectivity index (χ1n) is 5.19. The van der Waals surface area contributed by atoms with Crippen molar-refractivity contribution in [3.05, 3.63) is 39.4 Å². The van der Waals surface area contributed by atoms with Gasteiger partial charge in [-0.15, -0.1) is 0 Å². The van der Waals surface area contributed by atoms with Gasteiger partial charge in [-0.25, -0.2) is 0 Å². The third-order valence-corrected chi connectivity index (χ3v) is 2.58. The van der Waals surface area contributed by atoms with Crippen LogP contribution in [0.4, 0.5) is 5.69 Å². The van der Waals surface area contributed by atoms with Crippen molar-refractivity contribution in [3.63, 3.8) is 0 Å². The molecule has 0 aliphatic rings. The van der Waals surface area contributed by atoms with Crippen LogP contribution >= 0.6 is 0 Å². The zero-order chi connectivity index (χ0) is 13.0. The predicted octanol–water partition coefficient (Wildman–Crippen LogP) is 0.680. The highest BCUT2D eigenvalue weighted by Crippen LogP contribution is 2.26. The van der Waals surface area contributed by atoms with E-state index < -0.39 is 17.1 Å². The minimum absolute atomic E-state index is 0.0172. The number of nitrogens with zero attached hydrogens (tertiary/aromatic N) is 1. The van der Waals surface area contributed by atoms with Crippen molar-refractivity contribution in [2.75, 3.05) is 6.61 Å². The SMILES string of the molecule is Cc1ccc([N+](=O)[O-])cc1C(O)C(O)CCO. The molecule has 3 N–H and O–H groups in total. The van der Waals surface area contributed by atoms with Crippen molar-refractivity contribution in [3.8, 4) is 0 Å². The van der Waals surface area contributed by atoms with Crippen molar-refractivity contribution < 1.29 is 20.2 Å². The van der Waals surface area contributed by atoms with E-state index in [0.717, 1.165) is 0 Å². The first-order valence-corrected chi connectivity index (χ1v) is 5.19. The Morgan fingerprint density at radius 2 is 2.06 bits per heavy atom. The fourth-order valence-corrected chi connectivity index (χ4v) is 1.56. The van der Waals surface area contributed by atoms with Crippen LogP contribution in [0.3, 0.4) is 0 Å². The Balaban J connectivity index is 3.03. The largest absolute Gasteiger partial charge is 0.396 e. The Morgan fingerprint density at radius 3 is 2.59 bits per heavy atom. The summed E-state index contributed by atoms with van der Waals surface area (Å²) < 4.78 is 0. The van der Waals surface area contributed by atoms with Crippen LogP contribution in [0, 0.1) is 17.0 Å². The number of benzene rings is 1. The Hall–Kier alpha value is -1.50. The Morgan fingerprint density at radius 1 is 1.41 bits per heavy atom. The number of nitro groups is 1. The van der Waals surface area contributed by atoms with Gasteiger partial charge in [-0.3, -0.25) is 10.1 Å². The first-order chi connectivity index (χ1) is 7.97. The molecule has 17 heavy (non-hydrogen) atoms. The number of non-ortho nitro benzene ring substituents is 1. The van der Waals surface area contributed by atoms with Gasteiger partial charge in [0.2, 0.25) is 0 Å². The summed E-state index contributed by atoms with van der Waals surface area (Å²) in [5.41, 5.74) is 0.820. The predicted molar refractivity (Wildman–Crippen MR) is 60.5 cm³/mol. The molecule has 6 heteroatoms. The fourth-order valence-electron chi connectivity index (χ4n) is 1.56.